The monoisotopic (exact) mass is 576 g/mol. The number of carbonyl (C=O) groups excluding carboxylic acids is 2. The van der Waals surface area contributed by atoms with Crippen LogP contribution in [0.5, 0.6) is 17.2 Å². The van der Waals surface area contributed by atoms with Gasteiger partial charge < -0.3 is 24.3 Å². The van der Waals surface area contributed by atoms with Crippen molar-refractivity contribution in [2.45, 2.75) is 45.6 Å². The fourth-order valence-electron chi connectivity index (χ4n) is 6.10. The van der Waals surface area contributed by atoms with Crippen molar-refractivity contribution in [1.29, 1.82) is 0 Å². The van der Waals surface area contributed by atoms with E-state index in [1.807, 2.05) is 61.2 Å². The third kappa shape index (κ3) is 5.92. The van der Waals surface area contributed by atoms with E-state index in [0.29, 0.717) is 42.3 Å². The summed E-state index contributed by atoms with van der Waals surface area (Å²) >= 11 is 0. The van der Waals surface area contributed by atoms with Gasteiger partial charge >= 0.3 is 5.97 Å². The predicted molar refractivity (Wildman–Crippen MR) is 157 cm³/mol. The molecule has 1 saturated heterocycles. The Balaban J connectivity index is 1.51. The number of esters is 1. The molecule has 0 radical (unpaired) electrons. The minimum absolute atomic E-state index is 0.0251. The standard InChI is InChI=1S/C33H37FN2O6/c1-5-20-14-24(34)15-21(6-2)31(20)35-29(37)18-36-17-26(23-10-13-27-28(16-23)42-19-41-27)30(33(38)40-7-3)32(36)22-8-11-25(39-4)12-9-22/h8-16,26,30,32H,5-7,17-19H2,1-4H3,(H,35,37)/t26-,30-,32+/m1/s1. The first-order valence-electron chi connectivity index (χ1n) is 14.4. The number of aryl methyl sites for hydroxylation is 2. The molecule has 8 nitrogen and oxygen atoms in total. The van der Waals surface area contributed by atoms with Crippen molar-refractivity contribution < 1.29 is 32.9 Å². The molecule has 3 atom stereocenters. The number of methoxy groups -OCH3 is 1. The maximum Gasteiger partial charge on any atom is 0.311 e. The summed E-state index contributed by atoms with van der Waals surface area (Å²) in [5.74, 6) is 0.230. The molecular formula is C33H37FN2O6. The third-order valence-electron chi connectivity index (χ3n) is 8.08. The van der Waals surface area contributed by atoms with Gasteiger partial charge in [0.25, 0.3) is 0 Å². The van der Waals surface area contributed by atoms with Crippen LogP contribution in [0.15, 0.2) is 54.6 Å². The zero-order valence-electron chi connectivity index (χ0n) is 24.4. The van der Waals surface area contributed by atoms with Crippen LogP contribution >= 0.6 is 0 Å². The highest BCUT2D eigenvalue weighted by molar-refractivity contribution is 5.94. The molecular weight excluding hydrogens is 539 g/mol. The smallest absolute Gasteiger partial charge is 0.311 e. The number of likely N-dealkylation sites (tertiary alicyclic amines) is 1. The number of anilines is 1. The molecule has 3 aromatic carbocycles. The topological polar surface area (TPSA) is 86.3 Å². The highest BCUT2D eigenvalue weighted by atomic mass is 19.1. The van der Waals surface area contributed by atoms with Crippen LogP contribution in [0.4, 0.5) is 10.1 Å². The second-order valence-electron chi connectivity index (χ2n) is 10.5. The number of ether oxygens (including phenoxy) is 4. The molecule has 9 heteroatoms. The van der Waals surface area contributed by atoms with E-state index in [1.54, 1.807) is 14.0 Å². The van der Waals surface area contributed by atoms with Crippen LogP contribution in [-0.2, 0) is 27.2 Å². The number of nitrogens with zero attached hydrogens (tertiary/aromatic N) is 1. The largest absolute Gasteiger partial charge is 0.497 e. The fraction of sp³-hybridized carbons (Fsp3) is 0.394. The Bertz CT molecular complexity index is 1420. The van der Waals surface area contributed by atoms with Crippen molar-refractivity contribution in [3.05, 3.63) is 82.7 Å². The minimum Gasteiger partial charge on any atom is -0.497 e. The molecule has 0 aliphatic carbocycles. The highest BCUT2D eigenvalue weighted by Crippen LogP contribution is 2.48. The molecule has 0 saturated carbocycles. The maximum atomic E-state index is 14.2. The van der Waals surface area contributed by atoms with Crippen LogP contribution in [0.2, 0.25) is 0 Å². The first-order chi connectivity index (χ1) is 20.4. The van der Waals surface area contributed by atoms with Crippen LogP contribution < -0.4 is 19.5 Å². The van der Waals surface area contributed by atoms with Crippen molar-refractivity contribution in [2.75, 3.05) is 38.9 Å². The van der Waals surface area contributed by atoms with Gasteiger partial charge in [0, 0.05) is 24.2 Å². The molecule has 2 aliphatic heterocycles. The van der Waals surface area contributed by atoms with Crippen LogP contribution in [0.3, 0.4) is 0 Å². The van der Waals surface area contributed by atoms with Gasteiger partial charge in [-0.15, -0.1) is 0 Å². The molecule has 1 N–H and O–H groups in total. The van der Waals surface area contributed by atoms with Crippen molar-refractivity contribution >= 4 is 17.6 Å². The zero-order chi connectivity index (χ0) is 29.8. The maximum absolute atomic E-state index is 14.2. The van der Waals surface area contributed by atoms with E-state index in [4.69, 9.17) is 18.9 Å². The molecule has 1 amide bonds. The van der Waals surface area contributed by atoms with Gasteiger partial charge in [-0.2, -0.15) is 0 Å². The number of halogens is 1. The molecule has 0 aromatic heterocycles. The van der Waals surface area contributed by atoms with Gasteiger partial charge in [-0.25, -0.2) is 4.39 Å². The van der Waals surface area contributed by atoms with Gasteiger partial charge in [-0.05, 0) is 78.4 Å². The summed E-state index contributed by atoms with van der Waals surface area (Å²) in [4.78, 5) is 29.3. The van der Waals surface area contributed by atoms with Gasteiger partial charge in [0.15, 0.2) is 11.5 Å². The highest BCUT2D eigenvalue weighted by Gasteiger charge is 2.48. The zero-order valence-corrected chi connectivity index (χ0v) is 24.4. The van der Waals surface area contributed by atoms with Gasteiger partial charge in [0.05, 0.1) is 26.2 Å². The molecule has 1 fully saturated rings. The van der Waals surface area contributed by atoms with Gasteiger partial charge in [0.2, 0.25) is 12.7 Å². The average Bonchev–Trinajstić information content (AvgIpc) is 3.62. The quantitative estimate of drug-likeness (QED) is 0.313. The molecule has 42 heavy (non-hydrogen) atoms. The van der Waals surface area contributed by atoms with Crippen LogP contribution in [0.1, 0.15) is 55.0 Å². The number of nitrogens with one attached hydrogen (secondary N) is 1. The molecule has 0 spiro atoms. The van der Waals surface area contributed by atoms with E-state index in [9.17, 15) is 14.0 Å². The predicted octanol–water partition coefficient (Wildman–Crippen LogP) is 5.65. The van der Waals surface area contributed by atoms with Crippen molar-refractivity contribution in [3.8, 4) is 17.2 Å². The molecule has 0 unspecified atom stereocenters. The van der Waals surface area contributed by atoms with Gasteiger partial charge in [-0.1, -0.05) is 32.0 Å². The number of carbonyl (C=O) groups is 2. The van der Waals surface area contributed by atoms with E-state index in [0.717, 1.165) is 22.3 Å². The van der Waals surface area contributed by atoms with E-state index < -0.39 is 12.0 Å². The van der Waals surface area contributed by atoms with Crippen molar-refractivity contribution in [1.82, 2.24) is 4.90 Å². The molecule has 222 valence electrons. The number of hydrogen-bond donors (Lipinski definition) is 1. The lowest BCUT2D eigenvalue weighted by Gasteiger charge is -2.28. The Labute approximate surface area is 245 Å². The second kappa shape index (κ2) is 12.8. The minimum atomic E-state index is -0.588. The van der Waals surface area contributed by atoms with Gasteiger partial charge in [0.1, 0.15) is 11.6 Å². The second-order valence-corrected chi connectivity index (χ2v) is 10.5. The Morgan fingerprint density at radius 1 is 0.952 bits per heavy atom. The first kappa shape index (κ1) is 29.4. The Hall–Kier alpha value is -4.11. The Kier molecular flexibility index (Phi) is 8.97. The van der Waals surface area contributed by atoms with Crippen LogP contribution in [0, 0.1) is 11.7 Å². The summed E-state index contributed by atoms with van der Waals surface area (Å²) in [7, 11) is 1.60. The lowest BCUT2D eigenvalue weighted by atomic mass is 9.82. The van der Waals surface area contributed by atoms with Crippen molar-refractivity contribution in [2.24, 2.45) is 5.92 Å². The molecule has 3 aromatic rings. The first-order valence-corrected chi connectivity index (χ1v) is 14.4. The average molecular weight is 577 g/mol. The van der Waals surface area contributed by atoms with E-state index in [2.05, 4.69) is 5.32 Å². The van der Waals surface area contributed by atoms with Gasteiger partial charge in [-0.3, -0.25) is 14.5 Å². The van der Waals surface area contributed by atoms with E-state index in [-0.39, 0.29) is 43.6 Å². The molecule has 2 aliphatic rings. The molecule has 0 bridgehead atoms. The number of amides is 1. The van der Waals surface area contributed by atoms with E-state index in [1.165, 1.54) is 12.1 Å². The number of rotatable bonds is 10. The van der Waals surface area contributed by atoms with Crippen LogP contribution in [-0.4, -0.2) is 50.4 Å². The summed E-state index contributed by atoms with van der Waals surface area (Å²) < 4.78 is 36.3. The third-order valence-corrected chi connectivity index (χ3v) is 8.08. The number of hydrogen-bond acceptors (Lipinski definition) is 7. The Morgan fingerprint density at radius 3 is 2.26 bits per heavy atom. The number of benzene rings is 3. The van der Waals surface area contributed by atoms with Crippen LogP contribution in [0.25, 0.3) is 0 Å². The summed E-state index contributed by atoms with van der Waals surface area (Å²) in [6.07, 6.45) is 1.16. The SMILES string of the molecule is CCOC(=O)[C@@H]1[C@@H](c2ccc3c(c2)OCO3)CN(CC(=O)Nc2c(CC)cc(F)cc2CC)[C@H]1c1ccc(OC)cc1. The van der Waals surface area contributed by atoms with Crippen molar-refractivity contribution in [3.63, 3.8) is 0 Å². The Morgan fingerprint density at radius 2 is 1.62 bits per heavy atom. The summed E-state index contributed by atoms with van der Waals surface area (Å²) in [5, 5.41) is 3.06. The molecule has 5 rings (SSSR count). The lowest BCUT2D eigenvalue weighted by Crippen LogP contribution is -2.35. The lowest BCUT2D eigenvalue weighted by molar-refractivity contribution is -0.149. The normalized spacial score (nSPS) is 19.5. The summed E-state index contributed by atoms with van der Waals surface area (Å²) in [5.41, 5.74) is 3.92. The molecule has 2 heterocycles. The summed E-state index contributed by atoms with van der Waals surface area (Å²) in [6.45, 7) is 6.50. The number of fused-ring (bicyclic) bond motifs is 1. The fourth-order valence-corrected chi connectivity index (χ4v) is 6.10. The van der Waals surface area contributed by atoms with E-state index >= 15 is 0 Å². The summed E-state index contributed by atoms with van der Waals surface area (Å²) in [6, 6.07) is 15.7.